The third-order valence-corrected chi connectivity index (χ3v) is 3.02. The minimum atomic E-state index is 0.153. The van der Waals surface area contributed by atoms with Crippen LogP contribution < -0.4 is 20.1 Å². The van der Waals surface area contributed by atoms with Crippen LogP contribution in [0.15, 0.2) is 18.2 Å². The van der Waals surface area contributed by atoms with Crippen LogP contribution >= 0.6 is 12.2 Å². The molecule has 0 spiro atoms. The van der Waals surface area contributed by atoms with E-state index in [0.29, 0.717) is 24.9 Å². The van der Waals surface area contributed by atoms with Gasteiger partial charge in [-0.25, -0.2) is 0 Å². The van der Waals surface area contributed by atoms with Crippen LogP contribution in [0.4, 0.5) is 5.69 Å². The third-order valence-electron chi connectivity index (χ3n) is 2.80. The van der Waals surface area contributed by atoms with Gasteiger partial charge in [0.2, 0.25) is 0 Å². The molecule has 110 valence electrons. The first kappa shape index (κ1) is 14.9. The Morgan fingerprint density at radius 1 is 1.35 bits per heavy atom. The second-order valence-electron chi connectivity index (χ2n) is 4.67. The predicted molar refractivity (Wildman–Crippen MR) is 82.7 cm³/mol. The molecule has 0 bridgehead atoms. The predicted octanol–water partition coefficient (Wildman–Crippen LogP) is 2.17. The van der Waals surface area contributed by atoms with Gasteiger partial charge in [-0.15, -0.1) is 0 Å². The Bertz CT molecular complexity index is 468. The van der Waals surface area contributed by atoms with Crippen LogP contribution in [0, 0.1) is 0 Å². The first-order valence-electron chi connectivity index (χ1n) is 6.65. The SMILES string of the molecule is COCC(C)NC(=S)Nc1ccc2c(c1)OCCCO2. The number of hydrogen-bond donors (Lipinski definition) is 2. The Morgan fingerprint density at radius 2 is 2.10 bits per heavy atom. The molecule has 20 heavy (non-hydrogen) atoms. The van der Waals surface area contributed by atoms with Gasteiger partial charge in [-0.05, 0) is 31.3 Å². The van der Waals surface area contributed by atoms with Crippen molar-refractivity contribution in [3.8, 4) is 11.5 Å². The van der Waals surface area contributed by atoms with Gasteiger partial charge in [-0.1, -0.05) is 0 Å². The molecule has 0 saturated carbocycles. The van der Waals surface area contributed by atoms with E-state index >= 15 is 0 Å². The summed E-state index contributed by atoms with van der Waals surface area (Å²) in [7, 11) is 1.67. The van der Waals surface area contributed by atoms with E-state index in [9.17, 15) is 0 Å². The molecular weight excluding hydrogens is 276 g/mol. The lowest BCUT2D eigenvalue weighted by molar-refractivity contribution is 0.179. The highest BCUT2D eigenvalue weighted by atomic mass is 32.1. The molecule has 1 atom stereocenters. The van der Waals surface area contributed by atoms with E-state index in [1.807, 2.05) is 25.1 Å². The average molecular weight is 296 g/mol. The van der Waals surface area contributed by atoms with Gasteiger partial charge in [0.25, 0.3) is 0 Å². The Kier molecular flexibility index (Phi) is 5.43. The first-order valence-corrected chi connectivity index (χ1v) is 7.06. The number of thiocarbonyl (C=S) groups is 1. The summed E-state index contributed by atoms with van der Waals surface area (Å²) >= 11 is 5.26. The first-order chi connectivity index (χ1) is 9.69. The summed E-state index contributed by atoms with van der Waals surface area (Å²) in [5, 5.41) is 6.84. The standard InChI is InChI=1S/C14H20N2O3S/c1-10(9-17-2)15-14(20)16-11-4-5-12-13(8-11)19-7-3-6-18-12/h4-5,8,10H,3,6-7,9H2,1-2H3,(H2,15,16,20). The number of anilines is 1. The molecule has 1 aromatic carbocycles. The molecule has 0 radical (unpaired) electrons. The number of fused-ring (bicyclic) bond motifs is 1. The van der Waals surface area contributed by atoms with E-state index in [0.717, 1.165) is 23.6 Å². The molecule has 1 aromatic rings. The smallest absolute Gasteiger partial charge is 0.171 e. The molecule has 1 aliphatic rings. The summed E-state index contributed by atoms with van der Waals surface area (Å²) < 4.78 is 16.3. The average Bonchev–Trinajstić information content (AvgIpc) is 2.63. The number of hydrogen-bond acceptors (Lipinski definition) is 4. The maximum atomic E-state index is 5.64. The Morgan fingerprint density at radius 3 is 2.85 bits per heavy atom. The normalized spacial score (nSPS) is 15.1. The Labute approximate surface area is 124 Å². The van der Waals surface area contributed by atoms with Crippen LogP contribution in [0.5, 0.6) is 11.5 Å². The minimum absolute atomic E-state index is 0.153. The zero-order valence-electron chi connectivity index (χ0n) is 11.8. The van der Waals surface area contributed by atoms with Crippen LogP contribution in [-0.2, 0) is 4.74 Å². The van der Waals surface area contributed by atoms with Crippen molar-refractivity contribution in [1.82, 2.24) is 5.32 Å². The summed E-state index contributed by atoms with van der Waals surface area (Å²) in [4.78, 5) is 0. The molecule has 0 aliphatic carbocycles. The topological polar surface area (TPSA) is 51.8 Å². The molecule has 5 nitrogen and oxygen atoms in total. The molecule has 1 aliphatic heterocycles. The zero-order chi connectivity index (χ0) is 14.4. The highest BCUT2D eigenvalue weighted by molar-refractivity contribution is 7.80. The second-order valence-corrected chi connectivity index (χ2v) is 5.08. The monoisotopic (exact) mass is 296 g/mol. The van der Waals surface area contributed by atoms with Crippen molar-refractivity contribution in [2.45, 2.75) is 19.4 Å². The number of rotatable bonds is 4. The molecule has 2 rings (SSSR count). The van der Waals surface area contributed by atoms with Crippen molar-refractivity contribution in [2.75, 3.05) is 32.2 Å². The molecule has 0 saturated heterocycles. The van der Waals surface area contributed by atoms with Gasteiger partial charge in [-0.3, -0.25) is 0 Å². The maximum Gasteiger partial charge on any atom is 0.171 e. The van der Waals surface area contributed by atoms with Crippen LogP contribution in [-0.4, -0.2) is 38.1 Å². The fraction of sp³-hybridized carbons (Fsp3) is 0.500. The lowest BCUT2D eigenvalue weighted by atomic mass is 10.3. The summed E-state index contributed by atoms with van der Waals surface area (Å²) in [6, 6.07) is 5.86. The van der Waals surface area contributed by atoms with Gasteiger partial charge in [-0.2, -0.15) is 0 Å². The molecule has 0 amide bonds. The summed E-state index contributed by atoms with van der Waals surface area (Å²) in [6.07, 6.45) is 0.895. The van der Waals surface area contributed by atoms with Gasteiger partial charge >= 0.3 is 0 Å². The lowest BCUT2D eigenvalue weighted by Crippen LogP contribution is -2.38. The Hall–Kier alpha value is -1.53. The van der Waals surface area contributed by atoms with Crippen molar-refractivity contribution < 1.29 is 14.2 Å². The highest BCUT2D eigenvalue weighted by Gasteiger charge is 2.11. The molecule has 0 fully saturated rings. The largest absolute Gasteiger partial charge is 0.490 e. The summed E-state index contributed by atoms with van der Waals surface area (Å²) in [5.41, 5.74) is 0.872. The zero-order valence-corrected chi connectivity index (χ0v) is 12.6. The highest BCUT2D eigenvalue weighted by Crippen LogP contribution is 2.32. The van der Waals surface area contributed by atoms with Crippen LogP contribution in [0.3, 0.4) is 0 Å². The van der Waals surface area contributed by atoms with Gasteiger partial charge in [0.15, 0.2) is 16.6 Å². The number of nitrogens with one attached hydrogen (secondary N) is 2. The third kappa shape index (κ3) is 4.25. The lowest BCUT2D eigenvalue weighted by Gasteiger charge is -2.17. The van der Waals surface area contributed by atoms with Crippen LogP contribution in [0.1, 0.15) is 13.3 Å². The molecular formula is C14H20N2O3S. The van der Waals surface area contributed by atoms with Gasteiger partial charge in [0, 0.05) is 31.3 Å². The Balaban J connectivity index is 1.96. The molecule has 0 aromatic heterocycles. The van der Waals surface area contributed by atoms with Gasteiger partial charge in [0.05, 0.1) is 19.8 Å². The van der Waals surface area contributed by atoms with Crippen molar-refractivity contribution >= 4 is 23.0 Å². The summed E-state index contributed by atoms with van der Waals surface area (Å²) in [5.74, 6) is 1.53. The van der Waals surface area contributed by atoms with E-state index in [4.69, 9.17) is 26.4 Å². The van der Waals surface area contributed by atoms with Gasteiger partial charge < -0.3 is 24.8 Å². The van der Waals surface area contributed by atoms with Crippen molar-refractivity contribution in [1.29, 1.82) is 0 Å². The fourth-order valence-corrected chi connectivity index (χ4v) is 2.24. The quantitative estimate of drug-likeness (QED) is 0.831. The van der Waals surface area contributed by atoms with E-state index in [2.05, 4.69) is 10.6 Å². The minimum Gasteiger partial charge on any atom is -0.490 e. The molecule has 1 heterocycles. The fourth-order valence-electron chi connectivity index (χ4n) is 1.92. The second kappa shape index (κ2) is 7.31. The van der Waals surface area contributed by atoms with Crippen LogP contribution in [0.25, 0.3) is 0 Å². The molecule has 1 unspecified atom stereocenters. The number of ether oxygens (including phenoxy) is 3. The van der Waals surface area contributed by atoms with E-state index in [1.54, 1.807) is 7.11 Å². The van der Waals surface area contributed by atoms with E-state index in [-0.39, 0.29) is 6.04 Å². The van der Waals surface area contributed by atoms with E-state index < -0.39 is 0 Å². The number of methoxy groups -OCH3 is 1. The van der Waals surface area contributed by atoms with Crippen molar-refractivity contribution in [3.05, 3.63) is 18.2 Å². The number of benzene rings is 1. The van der Waals surface area contributed by atoms with Gasteiger partial charge in [0.1, 0.15) is 0 Å². The maximum absolute atomic E-state index is 5.64. The van der Waals surface area contributed by atoms with Crippen molar-refractivity contribution in [3.63, 3.8) is 0 Å². The molecule has 6 heteroatoms. The van der Waals surface area contributed by atoms with E-state index in [1.165, 1.54) is 0 Å². The summed E-state index contributed by atoms with van der Waals surface area (Å²) in [6.45, 7) is 3.96. The van der Waals surface area contributed by atoms with Crippen LogP contribution in [0.2, 0.25) is 0 Å². The van der Waals surface area contributed by atoms with Crippen molar-refractivity contribution in [2.24, 2.45) is 0 Å². The molecule has 2 N–H and O–H groups in total.